The van der Waals surface area contributed by atoms with Gasteiger partial charge in [-0.25, -0.2) is 15.0 Å². The molecule has 5 heteroatoms. The van der Waals surface area contributed by atoms with Crippen LogP contribution in [0.4, 0.5) is 11.4 Å². The molecule has 10 rings (SSSR count). The molecular formula is C52H43N5. The lowest BCUT2D eigenvalue weighted by Crippen LogP contribution is -2.15. The maximum atomic E-state index is 6.32. The third-order valence-electron chi connectivity index (χ3n) is 12.2. The molecule has 0 unspecified atom stereocenters. The van der Waals surface area contributed by atoms with Gasteiger partial charge in [0.15, 0.2) is 17.5 Å². The van der Waals surface area contributed by atoms with Gasteiger partial charge < -0.3 is 11.1 Å². The highest BCUT2D eigenvalue weighted by atomic mass is 15.0. The van der Waals surface area contributed by atoms with Gasteiger partial charge in [-0.3, -0.25) is 0 Å². The van der Waals surface area contributed by atoms with E-state index in [9.17, 15) is 0 Å². The van der Waals surface area contributed by atoms with Gasteiger partial charge in [-0.05, 0) is 121 Å². The van der Waals surface area contributed by atoms with Crippen LogP contribution in [0.3, 0.4) is 0 Å². The molecule has 0 atom stereocenters. The van der Waals surface area contributed by atoms with E-state index in [4.69, 9.17) is 20.7 Å². The summed E-state index contributed by atoms with van der Waals surface area (Å²) in [5.74, 6) is 1.91. The summed E-state index contributed by atoms with van der Waals surface area (Å²) < 4.78 is 0. The Hall–Kier alpha value is -6.85. The van der Waals surface area contributed by atoms with Gasteiger partial charge in [-0.15, -0.1) is 0 Å². The largest absolute Gasteiger partial charge is 0.399 e. The van der Waals surface area contributed by atoms with Crippen LogP contribution in [-0.2, 0) is 10.8 Å². The number of fused-ring (bicyclic) bond motifs is 6. The molecule has 0 spiro atoms. The minimum absolute atomic E-state index is 0.165. The highest BCUT2D eigenvalue weighted by molar-refractivity contribution is 5.89. The molecule has 5 nitrogen and oxygen atoms in total. The van der Waals surface area contributed by atoms with Crippen molar-refractivity contribution in [2.24, 2.45) is 0 Å². The zero-order valence-electron chi connectivity index (χ0n) is 32.9. The molecule has 2 aliphatic carbocycles. The van der Waals surface area contributed by atoms with Crippen LogP contribution >= 0.6 is 0 Å². The Morgan fingerprint density at radius 3 is 1.28 bits per heavy atom. The van der Waals surface area contributed by atoms with Gasteiger partial charge in [0.25, 0.3) is 0 Å². The van der Waals surface area contributed by atoms with Crippen LogP contribution in [0.2, 0.25) is 0 Å². The number of nitrogens with zero attached hydrogens (tertiary/aromatic N) is 3. The highest BCUT2D eigenvalue weighted by Crippen LogP contribution is 2.52. The summed E-state index contributed by atoms with van der Waals surface area (Å²) in [4.78, 5) is 15.3. The number of nitrogens with two attached hydrogens (primary N) is 1. The standard InChI is InChI=1S/C52H43N5/c1-51(2)44-27-33(16-20-40(44)42-22-18-38(53)29-46(42)51)35-24-36(34-17-21-41-43-23-19-39(54-5)30-47(43)52(3,4)45(41)28-34)26-37(25-35)50-56-48(31-12-8-6-9-13-31)55-49(57-50)32-14-10-7-11-15-32/h6-30,54H,53H2,1-5H3. The van der Waals surface area contributed by atoms with Gasteiger partial charge in [-0.1, -0.05) is 125 Å². The van der Waals surface area contributed by atoms with Crippen molar-refractivity contribution in [2.75, 3.05) is 18.1 Å². The van der Waals surface area contributed by atoms with Crippen LogP contribution in [0, 0.1) is 0 Å². The van der Waals surface area contributed by atoms with Gasteiger partial charge in [-0.2, -0.15) is 0 Å². The smallest absolute Gasteiger partial charge is 0.164 e. The van der Waals surface area contributed by atoms with E-state index in [0.717, 1.165) is 50.3 Å². The fourth-order valence-corrected chi connectivity index (χ4v) is 9.03. The molecule has 3 N–H and O–H groups in total. The van der Waals surface area contributed by atoms with Crippen molar-refractivity contribution < 1.29 is 0 Å². The zero-order chi connectivity index (χ0) is 39.1. The molecule has 0 saturated carbocycles. The monoisotopic (exact) mass is 737 g/mol. The van der Waals surface area contributed by atoms with E-state index in [1.807, 2.05) is 49.5 Å². The predicted octanol–water partition coefficient (Wildman–Crippen LogP) is 12.4. The van der Waals surface area contributed by atoms with Crippen LogP contribution in [0.1, 0.15) is 49.9 Å². The van der Waals surface area contributed by atoms with E-state index in [1.54, 1.807) is 0 Å². The highest BCUT2D eigenvalue weighted by Gasteiger charge is 2.37. The lowest BCUT2D eigenvalue weighted by Gasteiger charge is -2.23. The molecule has 0 aliphatic heterocycles. The fourth-order valence-electron chi connectivity index (χ4n) is 9.03. The lowest BCUT2D eigenvalue weighted by atomic mass is 9.81. The second-order valence-electron chi connectivity index (χ2n) is 16.4. The SMILES string of the molecule is CNc1ccc2c(c1)C(C)(C)c1cc(-c3cc(-c4ccc5c(c4)C(C)(C)c4cc(N)ccc4-5)cc(-c4nc(-c5ccccc5)nc(-c5ccccc5)n4)c3)ccc1-2. The third kappa shape index (κ3) is 5.64. The van der Waals surface area contributed by atoms with Crippen LogP contribution in [0.25, 0.3) is 78.7 Å². The second kappa shape index (κ2) is 12.9. The average Bonchev–Trinajstić information content (AvgIpc) is 3.61. The average molecular weight is 738 g/mol. The maximum absolute atomic E-state index is 6.32. The van der Waals surface area contributed by atoms with Crippen molar-refractivity contribution in [1.82, 2.24) is 15.0 Å². The minimum Gasteiger partial charge on any atom is -0.399 e. The van der Waals surface area contributed by atoms with Crippen LogP contribution in [0.5, 0.6) is 0 Å². The van der Waals surface area contributed by atoms with E-state index in [2.05, 4.69) is 142 Å². The van der Waals surface area contributed by atoms with Crippen LogP contribution in [-0.4, -0.2) is 22.0 Å². The first-order valence-electron chi connectivity index (χ1n) is 19.6. The number of benzene rings is 7. The Balaban J connectivity index is 1.18. The normalized spacial score (nSPS) is 14.1. The number of nitrogen functional groups attached to an aromatic ring is 1. The molecule has 8 aromatic rings. The molecule has 276 valence electrons. The summed E-state index contributed by atoms with van der Waals surface area (Å²) in [5.41, 5.74) is 25.5. The number of aromatic nitrogens is 3. The second-order valence-corrected chi connectivity index (χ2v) is 16.4. The van der Waals surface area contributed by atoms with Crippen molar-refractivity contribution in [3.8, 4) is 78.7 Å². The first kappa shape index (κ1) is 34.6. The Morgan fingerprint density at radius 2 is 0.789 bits per heavy atom. The van der Waals surface area contributed by atoms with Gasteiger partial charge >= 0.3 is 0 Å². The maximum Gasteiger partial charge on any atom is 0.164 e. The fraction of sp³-hybridized carbons (Fsp3) is 0.135. The van der Waals surface area contributed by atoms with E-state index in [0.29, 0.717) is 17.5 Å². The molecule has 0 saturated heterocycles. The summed E-state index contributed by atoms with van der Waals surface area (Å²) >= 11 is 0. The minimum atomic E-state index is -0.201. The van der Waals surface area contributed by atoms with Gasteiger partial charge in [0.2, 0.25) is 0 Å². The lowest BCUT2D eigenvalue weighted by molar-refractivity contribution is 0.661. The number of hydrogen-bond donors (Lipinski definition) is 2. The first-order valence-corrected chi connectivity index (χ1v) is 19.6. The molecule has 57 heavy (non-hydrogen) atoms. The van der Waals surface area contributed by atoms with Crippen molar-refractivity contribution in [3.05, 3.63) is 174 Å². The van der Waals surface area contributed by atoms with E-state index < -0.39 is 0 Å². The Bertz CT molecular complexity index is 2830. The Labute approximate surface area is 334 Å². The van der Waals surface area contributed by atoms with E-state index >= 15 is 0 Å². The quantitative estimate of drug-likeness (QED) is 0.166. The van der Waals surface area contributed by atoms with E-state index in [-0.39, 0.29) is 10.8 Å². The number of rotatable bonds is 6. The van der Waals surface area contributed by atoms with Gasteiger partial charge in [0.1, 0.15) is 0 Å². The molecule has 0 bridgehead atoms. The molecule has 0 fully saturated rings. The van der Waals surface area contributed by atoms with Crippen molar-refractivity contribution in [2.45, 2.75) is 38.5 Å². The molecule has 2 aliphatic rings. The number of hydrogen-bond acceptors (Lipinski definition) is 5. The van der Waals surface area contributed by atoms with Crippen LogP contribution < -0.4 is 11.1 Å². The van der Waals surface area contributed by atoms with Gasteiger partial charge in [0.05, 0.1) is 0 Å². The first-order chi connectivity index (χ1) is 27.6. The summed E-state index contributed by atoms with van der Waals surface area (Å²) in [6.45, 7) is 9.27. The topological polar surface area (TPSA) is 76.7 Å². The van der Waals surface area contributed by atoms with Crippen LogP contribution in [0.15, 0.2) is 152 Å². The van der Waals surface area contributed by atoms with Crippen molar-refractivity contribution in [1.29, 1.82) is 0 Å². The predicted molar refractivity (Wildman–Crippen MR) is 236 cm³/mol. The Kier molecular flexibility index (Phi) is 7.81. The molecule has 1 heterocycles. The summed E-state index contributed by atoms with van der Waals surface area (Å²) in [7, 11) is 1.98. The molecule has 1 aromatic heterocycles. The van der Waals surface area contributed by atoms with E-state index in [1.165, 1.54) is 44.5 Å². The van der Waals surface area contributed by atoms with Crippen molar-refractivity contribution in [3.63, 3.8) is 0 Å². The molecular weight excluding hydrogens is 695 g/mol. The Morgan fingerprint density at radius 1 is 0.386 bits per heavy atom. The van der Waals surface area contributed by atoms with Crippen molar-refractivity contribution >= 4 is 11.4 Å². The molecule has 0 amide bonds. The summed E-state index contributed by atoms with van der Waals surface area (Å²) in [6.07, 6.45) is 0. The third-order valence-corrected chi connectivity index (χ3v) is 12.2. The zero-order valence-corrected chi connectivity index (χ0v) is 32.9. The molecule has 0 radical (unpaired) electrons. The number of anilines is 2. The summed E-state index contributed by atoms with van der Waals surface area (Å²) in [5, 5.41) is 3.34. The molecule has 7 aromatic carbocycles. The number of nitrogens with one attached hydrogen (secondary N) is 1. The van der Waals surface area contributed by atoms with Gasteiger partial charge in [0, 0.05) is 45.9 Å². The summed E-state index contributed by atoms with van der Waals surface area (Å²) in [6, 6.07) is 54.0.